The Morgan fingerprint density at radius 3 is 2.37 bits per heavy atom. The number of benzene rings is 2. The van der Waals surface area contributed by atoms with E-state index in [0.717, 1.165) is 24.2 Å². The predicted octanol–water partition coefficient (Wildman–Crippen LogP) is 2.95. The van der Waals surface area contributed by atoms with Crippen molar-refractivity contribution in [2.75, 3.05) is 39.8 Å². The van der Waals surface area contributed by atoms with Crippen molar-refractivity contribution in [3.8, 4) is 34.3 Å². The van der Waals surface area contributed by atoms with Gasteiger partial charge in [0.15, 0.2) is 17.3 Å². The van der Waals surface area contributed by atoms with Crippen molar-refractivity contribution < 1.29 is 14.2 Å². The van der Waals surface area contributed by atoms with E-state index in [4.69, 9.17) is 14.2 Å². The number of likely N-dealkylation sites (N-methyl/N-ethyl adjacent to an activating group) is 1. The Kier molecular flexibility index (Phi) is 4.35. The van der Waals surface area contributed by atoms with Crippen molar-refractivity contribution in [3.05, 3.63) is 42.2 Å². The summed E-state index contributed by atoms with van der Waals surface area (Å²) >= 11 is 0. The lowest BCUT2D eigenvalue weighted by Crippen LogP contribution is -2.12. The topological polar surface area (TPSA) is 61.6 Å². The molecule has 1 aromatic heterocycles. The molecule has 0 atom stereocenters. The summed E-state index contributed by atoms with van der Waals surface area (Å²) in [5.74, 6) is 2.42. The van der Waals surface area contributed by atoms with E-state index < -0.39 is 0 Å². The van der Waals surface area contributed by atoms with Gasteiger partial charge in [0, 0.05) is 30.5 Å². The van der Waals surface area contributed by atoms with Gasteiger partial charge in [-0.3, -0.25) is 4.57 Å². The Morgan fingerprint density at radius 2 is 1.70 bits per heavy atom. The van der Waals surface area contributed by atoms with E-state index in [9.17, 15) is 0 Å². The average Bonchev–Trinajstić information content (AvgIpc) is 3.33. The lowest BCUT2D eigenvalue weighted by atomic mass is 10.1. The molecule has 7 heteroatoms. The monoisotopic (exact) mass is 366 g/mol. The number of hydrogen-bond donors (Lipinski definition) is 0. The number of nitrogens with zero attached hydrogens (tertiary/aromatic N) is 4. The third-order valence-corrected chi connectivity index (χ3v) is 4.94. The molecule has 2 heterocycles. The maximum Gasteiger partial charge on any atom is 0.203 e. The molecule has 0 radical (unpaired) electrons. The fourth-order valence-corrected chi connectivity index (χ4v) is 3.53. The van der Waals surface area contributed by atoms with Gasteiger partial charge in [-0.2, -0.15) is 0 Å². The van der Waals surface area contributed by atoms with Crippen LogP contribution in [-0.2, 0) is 6.42 Å². The molecule has 1 aliphatic heterocycles. The molecule has 0 spiro atoms. The standard InChI is InChI=1S/C20H22N4O3/c1-23-8-7-13-9-15(5-6-16(13)23)24-12-21-22-20(24)14-10-17(25-2)19(27-4)18(11-14)26-3/h5-6,9-12H,7-8H2,1-4H3. The number of fused-ring (bicyclic) bond motifs is 1. The minimum absolute atomic E-state index is 0.551. The highest BCUT2D eigenvalue weighted by Crippen LogP contribution is 2.41. The molecule has 0 N–H and O–H groups in total. The summed E-state index contributed by atoms with van der Waals surface area (Å²) in [6, 6.07) is 10.2. The smallest absolute Gasteiger partial charge is 0.203 e. The molecule has 0 saturated carbocycles. The van der Waals surface area contributed by atoms with Gasteiger partial charge in [0.2, 0.25) is 5.75 Å². The fraction of sp³-hybridized carbons (Fsp3) is 0.300. The van der Waals surface area contributed by atoms with Crippen LogP contribution >= 0.6 is 0 Å². The number of aromatic nitrogens is 3. The summed E-state index contributed by atoms with van der Waals surface area (Å²) in [5.41, 5.74) is 4.47. The molecule has 7 nitrogen and oxygen atoms in total. The summed E-state index contributed by atoms with van der Waals surface area (Å²) in [4.78, 5) is 2.27. The third-order valence-electron chi connectivity index (χ3n) is 4.94. The van der Waals surface area contributed by atoms with Crippen molar-refractivity contribution in [1.82, 2.24) is 14.8 Å². The van der Waals surface area contributed by atoms with Gasteiger partial charge < -0.3 is 19.1 Å². The van der Waals surface area contributed by atoms with Gasteiger partial charge in [-0.15, -0.1) is 10.2 Å². The van der Waals surface area contributed by atoms with Gasteiger partial charge in [0.1, 0.15) is 6.33 Å². The molecule has 0 aliphatic carbocycles. The van der Waals surface area contributed by atoms with Crippen molar-refractivity contribution in [1.29, 1.82) is 0 Å². The van der Waals surface area contributed by atoms with Gasteiger partial charge >= 0.3 is 0 Å². The summed E-state index contributed by atoms with van der Waals surface area (Å²) in [7, 11) is 6.90. The summed E-state index contributed by atoms with van der Waals surface area (Å²) < 4.78 is 18.3. The van der Waals surface area contributed by atoms with Crippen molar-refractivity contribution in [2.45, 2.75) is 6.42 Å². The maximum atomic E-state index is 5.47. The van der Waals surface area contributed by atoms with Gasteiger partial charge in [-0.25, -0.2) is 0 Å². The van der Waals surface area contributed by atoms with Crippen LogP contribution in [0.2, 0.25) is 0 Å². The highest BCUT2D eigenvalue weighted by atomic mass is 16.5. The Bertz CT molecular complexity index is 958. The van der Waals surface area contributed by atoms with E-state index in [0.29, 0.717) is 23.1 Å². The Balaban J connectivity index is 1.81. The minimum atomic E-state index is 0.551. The maximum absolute atomic E-state index is 5.47. The molecule has 2 aromatic carbocycles. The molecule has 0 saturated heterocycles. The zero-order valence-electron chi connectivity index (χ0n) is 15.9. The first-order valence-electron chi connectivity index (χ1n) is 8.71. The van der Waals surface area contributed by atoms with Crippen LogP contribution in [0.15, 0.2) is 36.7 Å². The van der Waals surface area contributed by atoms with Crippen LogP contribution in [0, 0.1) is 0 Å². The molecule has 0 bridgehead atoms. The molecule has 140 valence electrons. The number of ether oxygens (including phenoxy) is 3. The highest BCUT2D eigenvalue weighted by Gasteiger charge is 2.20. The molecule has 1 aliphatic rings. The fourth-order valence-electron chi connectivity index (χ4n) is 3.53. The molecule has 3 aromatic rings. The lowest BCUT2D eigenvalue weighted by molar-refractivity contribution is 0.324. The van der Waals surface area contributed by atoms with Gasteiger partial charge in [0.25, 0.3) is 0 Å². The quantitative estimate of drug-likeness (QED) is 0.692. The second-order valence-electron chi connectivity index (χ2n) is 6.42. The molecular formula is C20H22N4O3. The third kappa shape index (κ3) is 2.85. The van der Waals surface area contributed by atoms with Crippen molar-refractivity contribution in [2.24, 2.45) is 0 Å². The van der Waals surface area contributed by atoms with Gasteiger partial charge in [-0.05, 0) is 42.3 Å². The number of anilines is 1. The summed E-state index contributed by atoms with van der Waals surface area (Å²) in [6.45, 7) is 1.04. The van der Waals surface area contributed by atoms with E-state index in [1.165, 1.54) is 11.3 Å². The molecular weight excluding hydrogens is 344 g/mol. The van der Waals surface area contributed by atoms with Gasteiger partial charge in [0.05, 0.1) is 21.3 Å². The Labute approximate surface area is 158 Å². The van der Waals surface area contributed by atoms with Crippen LogP contribution in [0.25, 0.3) is 17.1 Å². The van der Waals surface area contributed by atoms with Crippen LogP contribution in [0.1, 0.15) is 5.56 Å². The lowest BCUT2D eigenvalue weighted by Gasteiger charge is -2.15. The van der Waals surface area contributed by atoms with Gasteiger partial charge in [-0.1, -0.05) is 0 Å². The average molecular weight is 366 g/mol. The normalized spacial score (nSPS) is 12.8. The summed E-state index contributed by atoms with van der Waals surface area (Å²) in [6.07, 6.45) is 2.76. The van der Waals surface area contributed by atoms with Crippen molar-refractivity contribution in [3.63, 3.8) is 0 Å². The van der Waals surface area contributed by atoms with Crippen LogP contribution in [-0.4, -0.2) is 49.7 Å². The molecule has 0 unspecified atom stereocenters. The molecule has 0 amide bonds. The van der Waals surface area contributed by atoms with E-state index >= 15 is 0 Å². The Morgan fingerprint density at radius 1 is 0.963 bits per heavy atom. The van der Waals surface area contributed by atoms with Crippen LogP contribution in [0.5, 0.6) is 17.2 Å². The zero-order chi connectivity index (χ0) is 19.0. The first-order chi connectivity index (χ1) is 13.2. The SMILES string of the molecule is COc1cc(-c2nncn2-c2ccc3c(c2)CCN3C)cc(OC)c1OC. The van der Waals surface area contributed by atoms with Crippen molar-refractivity contribution >= 4 is 5.69 Å². The molecule has 4 rings (SSSR count). The van der Waals surface area contributed by atoms with Crippen LogP contribution < -0.4 is 19.1 Å². The van der Waals surface area contributed by atoms with E-state index in [2.05, 4.69) is 40.3 Å². The second-order valence-corrected chi connectivity index (χ2v) is 6.42. The number of hydrogen-bond acceptors (Lipinski definition) is 6. The second kappa shape index (κ2) is 6.83. The molecule has 27 heavy (non-hydrogen) atoms. The number of methoxy groups -OCH3 is 3. The molecule has 0 fully saturated rings. The van der Waals surface area contributed by atoms with Crippen LogP contribution in [0.3, 0.4) is 0 Å². The van der Waals surface area contributed by atoms with E-state index in [1.807, 2.05) is 16.7 Å². The Hall–Kier alpha value is -3.22. The van der Waals surface area contributed by atoms with Crippen LogP contribution in [0.4, 0.5) is 5.69 Å². The first kappa shape index (κ1) is 17.2. The number of rotatable bonds is 5. The highest BCUT2D eigenvalue weighted by molar-refractivity contribution is 5.69. The van der Waals surface area contributed by atoms with E-state index in [1.54, 1.807) is 27.7 Å². The zero-order valence-corrected chi connectivity index (χ0v) is 15.9. The summed E-state index contributed by atoms with van der Waals surface area (Å²) in [5, 5.41) is 8.45. The van der Waals surface area contributed by atoms with E-state index in [-0.39, 0.29) is 0 Å². The largest absolute Gasteiger partial charge is 0.493 e. The first-order valence-corrected chi connectivity index (χ1v) is 8.71. The predicted molar refractivity (Wildman–Crippen MR) is 103 cm³/mol. The minimum Gasteiger partial charge on any atom is -0.493 e.